The summed E-state index contributed by atoms with van der Waals surface area (Å²) in [5.74, 6) is 0.545. The molecule has 0 N–H and O–H groups in total. The van der Waals surface area contributed by atoms with Crippen molar-refractivity contribution in [1.82, 2.24) is 4.90 Å². The zero-order valence-electron chi connectivity index (χ0n) is 18.4. The lowest BCUT2D eigenvalue weighted by Crippen LogP contribution is -2.21. The summed E-state index contributed by atoms with van der Waals surface area (Å²) >= 11 is 0. The van der Waals surface area contributed by atoms with E-state index in [0.717, 1.165) is 11.3 Å². The first-order valence-electron chi connectivity index (χ1n) is 9.84. The fourth-order valence-electron chi connectivity index (χ4n) is 2.80. The number of hydrogen-bond donors (Lipinski definition) is 0. The Hall–Kier alpha value is -2.88. The summed E-state index contributed by atoms with van der Waals surface area (Å²) in [6, 6.07) is 12.8. The molecule has 0 saturated heterocycles. The Labute approximate surface area is 174 Å². The van der Waals surface area contributed by atoms with Gasteiger partial charge in [-0.2, -0.15) is 0 Å². The van der Waals surface area contributed by atoms with Crippen LogP contribution >= 0.6 is 0 Å². The Morgan fingerprint density at radius 2 is 1.55 bits per heavy atom. The molecular formula is C25H31NO3. The van der Waals surface area contributed by atoms with Crippen molar-refractivity contribution in [2.24, 2.45) is 0 Å². The number of carbonyl (C=O) groups excluding carboxylic acids is 2. The van der Waals surface area contributed by atoms with Crippen molar-refractivity contribution in [3.8, 4) is 5.75 Å². The van der Waals surface area contributed by atoms with Gasteiger partial charge in [-0.25, -0.2) is 0 Å². The Morgan fingerprint density at radius 3 is 2.07 bits per heavy atom. The number of amides is 1. The minimum Gasteiger partial charge on any atom is -0.490 e. The van der Waals surface area contributed by atoms with E-state index >= 15 is 0 Å². The zero-order valence-corrected chi connectivity index (χ0v) is 18.4. The highest BCUT2D eigenvalue weighted by molar-refractivity contribution is 6.07. The van der Waals surface area contributed by atoms with Crippen molar-refractivity contribution in [1.29, 1.82) is 0 Å². The lowest BCUT2D eigenvalue weighted by atomic mass is 9.86. The van der Waals surface area contributed by atoms with Crippen LogP contribution in [0.3, 0.4) is 0 Å². The largest absolute Gasteiger partial charge is 0.490 e. The Morgan fingerprint density at radius 1 is 0.966 bits per heavy atom. The highest BCUT2D eigenvalue weighted by Gasteiger charge is 2.16. The number of benzene rings is 2. The third-order valence-electron chi connectivity index (χ3n) is 4.48. The van der Waals surface area contributed by atoms with Gasteiger partial charge in [0.25, 0.3) is 5.91 Å². The first-order chi connectivity index (χ1) is 13.5. The second kappa shape index (κ2) is 9.08. The number of rotatable bonds is 6. The van der Waals surface area contributed by atoms with Crippen LogP contribution in [-0.4, -0.2) is 36.8 Å². The minimum absolute atomic E-state index is 0.00222. The molecule has 0 spiro atoms. The molecule has 0 aliphatic carbocycles. The van der Waals surface area contributed by atoms with Crippen LogP contribution in [0.2, 0.25) is 0 Å². The van der Waals surface area contributed by atoms with E-state index in [0.29, 0.717) is 11.1 Å². The molecule has 0 heterocycles. The van der Waals surface area contributed by atoms with Crippen molar-refractivity contribution in [2.75, 3.05) is 14.1 Å². The highest BCUT2D eigenvalue weighted by Crippen LogP contribution is 2.29. The summed E-state index contributed by atoms with van der Waals surface area (Å²) in [4.78, 5) is 26.1. The van der Waals surface area contributed by atoms with Crippen LogP contribution in [-0.2, 0) is 5.41 Å². The molecule has 0 aliphatic heterocycles. The van der Waals surface area contributed by atoms with E-state index in [1.54, 1.807) is 50.5 Å². The predicted octanol–water partition coefficient (Wildman–Crippen LogP) is 5.37. The van der Waals surface area contributed by atoms with Crippen LogP contribution in [0.15, 0.2) is 48.5 Å². The SMILES string of the molecule is CC(C)Oc1ccc(C(C)(C)C)cc1C=CC(=O)c1ccc(C(=O)N(C)C)cc1. The number of ether oxygens (including phenoxy) is 1. The van der Waals surface area contributed by atoms with Crippen LogP contribution < -0.4 is 4.74 Å². The molecule has 4 nitrogen and oxygen atoms in total. The Bertz CT molecular complexity index is 901. The van der Waals surface area contributed by atoms with Gasteiger partial charge in [0.15, 0.2) is 5.78 Å². The highest BCUT2D eigenvalue weighted by atomic mass is 16.5. The summed E-state index contributed by atoms with van der Waals surface area (Å²) in [7, 11) is 3.40. The second-order valence-corrected chi connectivity index (χ2v) is 8.64. The van der Waals surface area contributed by atoms with Crippen molar-refractivity contribution in [2.45, 2.75) is 46.1 Å². The molecule has 154 valence electrons. The van der Waals surface area contributed by atoms with Gasteiger partial charge in [-0.1, -0.05) is 39.0 Å². The summed E-state index contributed by atoms with van der Waals surface area (Å²) in [5.41, 5.74) is 3.14. The predicted molar refractivity (Wildman–Crippen MR) is 119 cm³/mol. The van der Waals surface area contributed by atoms with Crippen molar-refractivity contribution < 1.29 is 14.3 Å². The van der Waals surface area contributed by atoms with Gasteiger partial charge in [-0.05, 0) is 61.2 Å². The molecule has 0 saturated carbocycles. The molecule has 4 heteroatoms. The van der Waals surface area contributed by atoms with Crippen LogP contribution in [0.25, 0.3) is 6.08 Å². The zero-order chi connectivity index (χ0) is 21.8. The quantitative estimate of drug-likeness (QED) is 0.490. The molecule has 0 bridgehead atoms. The third-order valence-corrected chi connectivity index (χ3v) is 4.48. The molecule has 1 amide bonds. The number of nitrogens with zero attached hydrogens (tertiary/aromatic N) is 1. The van der Waals surface area contributed by atoms with Crippen LogP contribution in [0.4, 0.5) is 0 Å². The third kappa shape index (κ3) is 6.05. The van der Waals surface area contributed by atoms with Gasteiger partial charge in [0, 0.05) is 30.8 Å². The smallest absolute Gasteiger partial charge is 0.253 e. The molecule has 0 aliphatic rings. The van der Waals surface area contributed by atoms with Crippen molar-refractivity contribution in [3.05, 3.63) is 70.8 Å². The van der Waals surface area contributed by atoms with Crippen LogP contribution in [0, 0.1) is 0 Å². The fraction of sp³-hybridized carbons (Fsp3) is 0.360. The summed E-state index contributed by atoms with van der Waals surface area (Å²) in [5, 5.41) is 0. The molecule has 2 rings (SSSR count). The number of allylic oxidation sites excluding steroid dienone is 1. The van der Waals surface area contributed by atoms with Gasteiger partial charge in [0.05, 0.1) is 6.10 Å². The van der Waals surface area contributed by atoms with Crippen molar-refractivity contribution in [3.63, 3.8) is 0 Å². The number of carbonyl (C=O) groups is 2. The topological polar surface area (TPSA) is 46.6 Å². The lowest BCUT2D eigenvalue weighted by Gasteiger charge is -2.21. The fourth-order valence-corrected chi connectivity index (χ4v) is 2.80. The average molecular weight is 394 g/mol. The molecule has 29 heavy (non-hydrogen) atoms. The first kappa shape index (κ1) is 22.4. The maximum atomic E-state index is 12.6. The maximum Gasteiger partial charge on any atom is 0.253 e. The molecule has 0 unspecified atom stereocenters. The van der Waals surface area contributed by atoms with Crippen LogP contribution in [0.1, 0.15) is 66.5 Å². The van der Waals surface area contributed by atoms with E-state index in [9.17, 15) is 9.59 Å². The number of ketones is 1. The molecule has 2 aromatic rings. The maximum absolute atomic E-state index is 12.6. The normalized spacial score (nSPS) is 11.7. The molecule has 0 atom stereocenters. The summed E-state index contributed by atoms with van der Waals surface area (Å²) < 4.78 is 5.91. The van der Waals surface area contributed by atoms with Gasteiger partial charge >= 0.3 is 0 Å². The van der Waals surface area contributed by atoms with Crippen LogP contribution in [0.5, 0.6) is 5.75 Å². The molecule has 0 radical (unpaired) electrons. The lowest BCUT2D eigenvalue weighted by molar-refractivity contribution is 0.0827. The number of hydrogen-bond acceptors (Lipinski definition) is 3. The summed E-state index contributed by atoms with van der Waals surface area (Å²) in [6.07, 6.45) is 3.39. The van der Waals surface area contributed by atoms with Gasteiger partial charge in [-0.3, -0.25) is 9.59 Å². The molecule has 2 aromatic carbocycles. The van der Waals surface area contributed by atoms with E-state index in [2.05, 4.69) is 32.9 Å². The monoisotopic (exact) mass is 393 g/mol. The van der Waals surface area contributed by atoms with Gasteiger partial charge < -0.3 is 9.64 Å². The van der Waals surface area contributed by atoms with Crippen molar-refractivity contribution >= 4 is 17.8 Å². The van der Waals surface area contributed by atoms with Gasteiger partial charge in [0.1, 0.15) is 5.75 Å². The Kier molecular flexibility index (Phi) is 7.02. The van der Waals surface area contributed by atoms with Gasteiger partial charge in [-0.15, -0.1) is 0 Å². The molecule has 0 fully saturated rings. The van der Waals surface area contributed by atoms with E-state index in [1.165, 1.54) is 10.5 Å². The average Bonchev–Trinajstić information content (AvgIpc) is 2.65. The molecule has 0 aromatic heterocycles. The van der Waals surface area contributed by atoms with Gasteiger partial charge in [0.2, 0.25) is 0 Å². The standard InChI is InChI=1S/C25H31NO3/c1-17(2)29-23-15-13-21(25(3,4)5)16-20(23)12-14-22(27)18-8-10-19(11-9-18)24(28)26(6)7/h8-17H,1-7H3. The summed E-state index contributed by atoms with van der Waals surface area (Å²) in [6.45, 7) is 10.4. The second-order valence-electron chi connectivity index (χ2n) is 8.64. The van der Waals surface area contributed by atoms with E-state index in [4.69, 9.17) is 4.74 Å². The Balaban J connectivity index is 2.29. The first-order valence-corrected chi connectivity index (χ1v) is 9.84. The van der Waals surface area contributed by atoms with E-state index < -0.39 is 0 Å². The minimum atomic E-state index is -0.120. The molecular weight excluding hydrogens is 362 g/mol. The van der Waals surface area contributed by atoms with E-state index in [1.807, 2.05) is 19.9 Å². The van der Waals surface area contributed by atoms with E-state index in [-0.39, 0.29) is 23.2 Å².